The summed E-state index contributed by atoms with van der Waals surface area (Å²) in [6, 6.07) is 7.59. The highest BCUT2D eigenvalue weighted by atomic mass is 32.2. The van der Waals surface area contributed by atoms with Gasteiger partial charge in [0.15, 0.2) is 0 Å². The Kier molecular flexibility index (Phi) is 3.38. The van der Waals surface area contributed by atoms with Crippen LogP contribution in [-0.2, 0) is 4.79 Å². The Hall–Kier alpha value is -1.89. The lowest BCUT2D eigenvalue weighted by molar-refractivity contribution is -0.301. The maximum absolute atomic E-state index is 10.4. The molecular weight excluding hydrogens is 240 g/mol. The number of carbonyl (C=O) groups is 1. The van der Waals surface area contributed by atoms with Gasteiger partial charge < -0.3 is 9.90 Å². The van der Waals surface area contributed by atoms with Crippen LogP contribution in [0.2, 0.25) is 0 Å². The largest absolute Gasteiger partial charge is 0.549 e. The monoisotopic (exact) mass is 249 g/mol. The number of tetrazole rings is 1. The minimum atomic E-state index is -1.14. The van der Waals surface area contributed by atoms with Crippen LogP contribution < -0.4 is 5.11 Å². The van der Waals surface area contributed by atoms with E-state index >= 15 is 0 Å². The Bertz CT molecular complexity index is 541. The SMILES string of the molecule is Cc1ccccc1-n1nnnc1SCC(=O)[O-]. The molecule has 0 atom stereocenters. The van der Waals surface area contributed by atoms with Crippen molar-refractivity contribution in [2.45, 2.75) is 12.1 Å². The summed E-state index contributed by atoms with van der Waals surface area (Å²) in [7, 11) is 0. The molecule has 0 unspecified atom stereocenters. The molecule has 0 spiro atoms. The molecule has 1 heterocycles. The van der Waals surface area contributed by atoms with Crippen molar-refractivity contribution < 1.29 is 9.90 Å². The van der Waals surface area contributed by atoms with Gasteiger partial charge in [0.2, 0.25) is 5.16 Å². The van der Waals surface area contributed by atoms with Crippen molar-refractivity contribution in [3.8, 4) is 5.69 Å². The van der Waals surface area contributed by atoms with E-state index in [1.165, 1.54) is 4.68 Å². The number of para-hydroxylation sites is 1. The number of rotatable bonds is 4. The van der Waals surface area contributed by atoms with E-state index in [1.54, 1.807) is 0 Å². The Balaban J connectivity index is 2.31. The van der Waals surface area contributed by atoms with E-state index in [1.807, 2.05) is 31.2 Å². The summed E-state index contributed by atoms with van der Waals surface area (Å²) in [6.07, 6.45) is 0. The number of nitrogens with zero attached hydrogens (tertiary/aromatic N) is 4. The Labute approximate surface area is 102 Å². The minimum Gasteiger partial charge on any atom is -0.549 e. The lowest BCUT2D eigenvalue weighted by Crippen LogP contribution is -2.24. The molecule has 0 saturated carbocycles. The van der Waals surface area contributed by atoms with Crippen LogP contribution in [0, 0.1) is 6.92 Å². The number of thioether (sulfide) groups is 1. The maximum Gasteiger partial charge on any atom is 0.214 e. The summed E-state index contributed by atoms with van der Waals surface area (Å²) in [5.74, 6) is -1.32. The van der Waals surface area contributed by atoms with Crippen LogP contribution in [0.1, 0.15) is 5.56 Å². The predicted molar refractivity (Wildman–Crippen MR) is 59.6 cm³/mol. The molecule has 7 heteroatoms. The van der Waals surface area contributed by atoms with E-state index in [-0.39, 0.29) is 5.75 Å². The van der Waals surface area contributed by atoms with Gasteiger partial charge in [0.1, 0.15) is 0 Å². The molecule has 0 amide bonds. The molecule has 17 heavy (non-hydrogen) atoms. The van der Waals surface area contributed by atoms with Gasteiger partial charge in [0.05, 0.1) is 11.7 Å². The first-order valence-electron chi connectivity index (χ1n) is 4.85. The van der Waals surface area contributed by atoms with Gasteiger partial charge in [-0.3, -0.25) is 0 Å². The molecule has 0 N–H and O–H groups in total. The zero-order valence-electron chi connectivity index (χ0n) is 9.03. The minimum absolute atomic E-state index is 0.174. The zero-order valence-corrected chi connectivity index (χ0v) is 9.85. The number of aromatic nitrogens is 4. The summed E-state index contributed by atoms with van der Waals surface area (Å²) in [5.41, 5.74) is 1.84. The molecule has 0 bridgehead atoms. The van der Waals surface area contributed by atoms with Crippen molar-refractivity contribution in [1.82, 2.24) is 20.2 Å². The third kappa shape index (κ3) is 2.62. The second-order valence-electron chi connectivity index (χ2n) is 3.32. The molecule has 0 radical (unpaired) electrons. The summed E-state index contributed by atoms with van der Waals surface area (Å²) in [5, 5.41) is 22.0. The maximum atomic E-state index is 10.4. The van der Waals surface area contributed by atoms with Crippen molar-refractivity contribution >= 4 is 17.7 Å². The molecule has 1 aromatic carbocycles. The van der Waals surface area contributed by atoms with Gasteiger partial charge in [0, 0.05) is 5.75 Å². The predicted octanol–water partition coefficient (Wildman–Crippen LogP) is -0.187. The molecule has 0 aliphatic rings. The van der Waals surface area contributed by atoms with Crippen molar-refractivity contribution in [2.24, 2.45) is 0 Å². The van der Waals surface area contributed by atoms with Gasteiger partial charge in [-0.05, 0) is 29.0 Å². The fourth-order valence-corrected chi connectivity index (χ4v) is 1.94. The quantitative estimate of drug-likeness (QED) is 0.698. The fraction of sp³-hybridized carbons (Fsp3) is 0.200. The highest BCUT2D eigenvalue weighted by Gasteiger charge is 2.10. The molecular formula is C10H9N4O2S-. The zero-order chi connectivity index (χ0) is 12.3. The summed E-state index contributed by atoms with van der Waals surface area (Å²) in [6.45, 7) is 1.93. The first-order valence-corrected chi connectivity index (χ1v) is 5.84. The van der Waals surface area contributed by atoms with E-state index in [0.29, 0.717) is 5.16 Å². The summed E-state index contributed by atoms with van der Waals surface area (Å²) < 4.78 is 1.52. The first-order chi connectivity index (χ1) is 8.18. The number of aryl methyl sites for hydroxylation is 1. The van der Waals surface area contributed by atoms with Crippen LogP contribution in [0.15, 0.2) is 29.4 Å². The van der Waals surface area contributed by atoms with Crippen molar-refractivity contribution in [2.75, 3.05) is 5.75 Å². The van der Waals surface area contributed by atoms with Crippen molar-refractivity contribution in [3.05, 3.63) is 29.8 Å². The molecule has 0 aliphatic carbocycles. The molecule has 2 aromatic rings. The van der Waals surface area contributed by atoms with E-state index in [4.69, 9.17) is 0 Å². The molecule has 1 aromatic heterocycles. The van der Waals surface area contributed by atoms with Crippen molar-refractivity contribution in [3.63, 3.8) is 0 Å². The normalized spacial score (nSPS) is 10.4. The van der Waals surface area contributed by atoms with Gasteiger partial charge in [0.25, 0.3) is 0 Å². The van der Waals surface area contributed by atoms with Gasteiger partial charge >= 0.3 is 0 Å². The van der Waals surface area contributed by atoms with E-state index in [2.05, 4.69) is 15.5 Å². The highest BCUT2D eigenvalue weighted by molar-refractivity contribution is 7.99. The van der Waals surface area contributed by atoms with Crippen LogP contribution in [0.4, 0.5) is 0 Å². The Morgan fingerprint density at radius 3 is 2.94 bits per heavy atom. The second kappa shape index (κ2) is 4.96. The lowest BCUT2D eigenvalue weighted by atomic mass is 10.2. The third-order valence-corrected chi connectivity index (χ3v) is 3.00. The number of hydrogen-bond donors (Lipinski definition) is 0. The van der Waals surface area contributed by atoms with E-state index in [0.717, 1.165) is 23.0 Å². The first kappa shape index (κ1) is 11.6. The van der Waals surface area contributed by atoms with Crippen LogP contribution in [-0.4, -0.2) is 31.9 Å². The number of carboxylic acids is 1. The van der Waals surface area contributed by atoms with E-state index < -0.39 is 5.97 Å². The molecule has 0 aliphatic heterocycles. The number of carboxylic acid groups (broad SMARTS) is 1. The lowest BCUT2D eigenvalue weighted by Gasteiger charge is -2.06. The molecule has 0 saturated heterocycles. The average Bonchev–Trinajstić information content (AvgIpc) is 2.75. The van der Waals surface area contributed by atoms with Crippen LogP contribution in [0.3, 0.4) is 0 Å². The van der Waals surface area contributed by atoms with Gasteiger partial charge in [-0.1, -0.05) is 30.0 Å². The number of carbonyl (C=O) groups excluding carboxylic acids is 1. The molecule has 88 valence electrons. The average molecular weight is 249 g/mol. The standard InChI is InChI=1S/C10H10N4O2S/c1-7-4-2-3-5-8(7)14-10(11-12-13-14)17-6-9(15)16/h2-5H,6H2,1H3,(H,15,16)/p-1. The van der Waals surface area contributed by atoms with Gasteiger partial charge in [-0.15, -0.1) is 5.10 Å². The second-order valence-corrected chi connectivity index (χ2v) is 4.26. The van der Waals surface area contributed by atoms with Crippen LogP contribution in [0.25, 0.3) is 5.69 Å². The van der Waals surface area contributed by atoms with Gasteiger partial charge in [-0.25, -0.2) is 0 Å². The fourth-order valence-electron chi connectivity index (χ4n) is 1.34. The number of benzene rings is 1. The molecule has 6 nitrogen and oxygen atoms in total. The van der Waals surface area contributed by atoms with Crippen LogP contribution in [0.5, 0.6) is 0 Å². The molecule has 2 rings (SSSR count). The summed E-state index contributed by atoms with van der Waals surface area (Å²) in [4.78, 5) is 10.4. The number of hydrogen-bond acceptors (Lipinski definition) is 6. The van der Waals surface area contributed by atoms with Crippen molar-refractivity contribution in [1.29, 1.82) is 0 Å². The smallest absolute Gasteiger partial charge is 0.214 e. The Morgan fingerprint density at radius 2 is 2.24 bits per heavy atom. The highest BCUT2D eigenvalue weighted by Crippen LogP contribution is 2.19. The molecule has 0 fully saturated rings. The van der Waals surface area contributed by atoms with Crippen LogP contribution >= 0.6 is 11.8 Å². The topological polar surface area (TPSA) is 83.7 Å². The van der Waals surface area contributed by atoms with Gasteiger partial charge in [-0.2, -0.15) is 4.68 Å². The third-order valence-electron chi connectivity index (χ3n) is 2.10. The van der Waals surface area contributed by atoms with E-state index in [9.17, 15) is 9.90 Å². The summed E-state index contributed by atoms with van der Waals surface area (Å²) >= 11 is 1.03. The Morgan fingerprint density at radius 1 is 1.47 bits per heavy atom. The number of aliphatic carboxylic acids is 1.